The maximum absolute atomic E-state index is 13.8. The van der Waals surface area contributed by atoms with E-state index >= 15 is 0 Å². The Morgan fingerprint density at radius 1 is 1.15 bits per heavy atom. The first-order valence-electron chi connectivity index (χ1n) is 8.33. The fraction of sp³-hybridized carbons (Fsp3) is 0.211. The smallest absolute Gasteiger partial charge is 0.258 e. The van der Waals surface area contributed by atoms with E-state index in [4.69, 9.17) is 4.52 Å². The third-order valence-corrected chi connectivity index (χ3v) is 4.46. The third kappa shape index (κ3) is 3.55. The molecule has 1 aromatic heterocycles. The number of carbonyl (C=O) groups excluding carboxylic acids is 1. The highest BCUT2D eigenvalue weighted by Crippen LogP contribution is 2.49. The van der Waals surface area contributed by atoms with Crippen LogP contribution in [0.25, 0.3) is 11.5 Å². The predicted octanol–water partition coefficient (Wildman–Crippen LogP) is 3.57. The topological polar surface area (TPSA) is 68.0 Å². The molecule has 27 heavy (non-hydrogen) atoms. The van der Waals surface area contributed by atoms with E-state index in [1.54, 1.807) is 6.07 Å². The summed E-state index contributed by atoms with van der Waals surface area (Å²) in [5.41, 5.74) is 0.378. The highest BCUT2D eigenvalue weighted by atomic mass is 19.1. The first-order valence-corrected chi connectivity index (χ1v) is 8.33. The van der Waals surface area contributed by atoms with E-state index < -0.39 is 29.3 Å². The van der Waals surface area contributed by atoms with Crippen LogP contribution in [0.5, 0.6) is 0 Å². The first kappa shape index (κ1) is 17.3. The lowest BCUT2D eigenvalue weighted by atomic mass is 10.1. The van der Waals surface area contributed by atoms with Gasteiger partial charge in [-0.1, -0.05) is 17.3 Å². The minimum Gasteiger partial charge on any atom is -0.348 e. The van der Waals surface area contributed by atoms with Crippen LogP contribution >= 0.6 is 0 Å². The van der Waals surface area contributed by atoms with Crippen molar-refractivity contribution in [2.24, 2.45) is 5.92 Å². The van der Waals surface area contributed by atoms with Gasteiger partial charge < -0.3 is 9.84 Å². The summed E-state index contributed by atoms with van der Waals surface area (Å²) in [7, 11) is 0. The number of hydrogen-bond acceptors (Lipinski definition) is 4. The predicted molar refractivity (Wildman–Crippen MR) is 88.7 cm³/mol. The summed E-state index contributed by atoms with van der Waals surface area (Å²) < 4.78 is 45.9. The van der Waals surface area contributed by atoms with Gasteiger partial charge in [-0.2, -0.15) is 4.98 Å². The normalized spacial score (nSPS) is 18.3. The summed E-state index contributed by atoms with van der Waals surface area (Å²) in [5, 5.41) is 6.37. The van der Waals surface area contributed by atoms with Crippen molar-refractivity contribution >= 4 is 5.91 Å². The van der Waals surface area contributed by atoms with Gasteiger partial charge in [0.25, 0.3) is 5.89 Å². The molecular weight excluding hydrogens is 359 g/mol. The van der Waals surface area contributed by atoms with Crippen LogP contribution in [0, 0.1) is 23.4 Å². The second-order valence-electron chi connectivity index (χ2n) is 6.33. The van der Waals surface area contributed by atoms with Gasteiger partial charge in [-0.25, -0.2) is 13.2 Å². The van der Waals surface area contributed by atoms with E-state index in [1.807, 2.05) is 0 Å². The zero-order valence-electron chi connectivity index (χ0n) is 14.0. The molecule has 5 nitrogen and oxygen atoms in total. The molecular formula is C19H14F3N3O2. The molecule has 138 valence electrons. The van der Waals surface area contributed by atoms with Crippen molar-refractivity contribution < 1.29 is 22.5 Å². The summed E-state index contributed by atoms with van der Waals surface area (Å²) >= 11 is 0. The molecule has 1 aliphatic carbocycles. The van der Waals surface area contributed by atoms with E-state index in [9.17, 15) is 18.0 Å². The highest BCUT2D eigenvalue weighted by molar-refractivity contribution is 5.82. The first-order chi connectivity index (χ1) is 13.0. The third-order valence-electron chi connectivity index (χ3n) is 4.46. The SMILES string of the molecule is O=C(NCc1noc(-c2cccc(F)c2)n1)[C@H]1C[C@H]1c1c(F)cccc1F. The Labute approximate surface area is 152 Å². The molecule has 1 amide bonds. The van der Waals surface area contributed by atoms with Crippen LogP contribution in [-0.4, -0.2) is 16.0 Å². The molecule has 1 saturated carbocycles. The molecule has 0 spiro atoms. The van der Waals surface area contributed by atoms with Gasteiger partial charge in [0, 0.05) is 23.0 Å². The quantitative estimate of drug-likeness (QED) is 0.742. The van der Waals surface area contributed by atoms with Gasteiger partial charge in [-0.15, -0.1) is 0 Å². The maximum atomic E-state index is 13.8. The van der Waals surface area contributed by atoms with Crippen molar-refractivity contribution in [1.29, 1.82) is 0 Å². The lowest BCUT2D eigenvalue weighted by molar-refractivity contribution is -0.122. The molecule has 2 aromatic carbocycles. The van der Waals surface area contributed by atoms with Gasteiger partial charge in [0.05, 0.1) is 6.54 Å². The minimum absolute atomic E-state index is 0.000618. The number of nitrogens with zero attached hydrogens (tertiary/aromatic N) is 2. The lowest BCUT2D eigenvalue weighted by Crippen LogP contribution is -2.25. The van der Waals surface area contributed by atoms with Crippen LogP contribution in [0.15, 0.2) is 47.0 Å². The van der Waals surface area contributed by atoms with Crippen molar-refractivity contribution in [1.82, 2.24) is 15.5 Å². The molecule has 4 rings (SSSR count). The molecule has 0 aliphatic heterocycles. The number of hydrogen-bond donors (Lipinski definition) is 1. The van der Waals surface area contributed by atoms with Crippen LogP contribution in [-0.2, 0) is 11.3 Å². The lowest BCUT2D eigenvalue weighted by Gasteiger charge is -2.04. The van der Waals surface area contributed by atoms with E-state index in [2.05, 4.69) is 15.5 Å². The minimum atomic E-state index is -0.645. The highest BCUT2D eigenvalue weighted by Gasteiger charge is 2.46. The standard InChI is InChI=1S/C19H14F3N3O2/c20-11-4-1-3-10(7-11)19-24-16(25-27-19)9-23-18(26)13-8-12(13)17-14(21)5-2-6-15(17)22/h1-7,12-13H,8-9H2,(H,23,26)/t12-,13+/m1/s1. The van der Waals surface area contributed by atoms with Gasteiger partial charge >= 0.3 is 0 Å². The van der Waals surface area contributed by atoms with E-state index in [1.165, 1.54) is 36.4 Å². The Bertz CT molecular complexity index is 985. The molecule has 1 heterocycles. The second kappa shape index (κ2) is 6.86. The number of amides is 1. The Kier molecular flexibility index (Phi) is 4.39. The summed E-state index contributed by atoms with van der Waals surface area (Å²) in [6.45, 7) is 0.000618. The van der Waals surface area contributed by atoms with Crippen LogP contribution < -0.4 is 5.32 Å². The summed E-state index contributed by atoms with van der Waals surface area (Å²) in [5.74, 6) is -2.67. The summed E-state index contributed by atoms with van der Waals surface area (Å²) in [6, 6.07) is 9.34. The van der Waals surface area contributed by atoms with Gasteiger partial charge in [0.15, 0.2) is 5.82 Å². The fourth-order valence-corrected chi connectivity index (χ4v) is 3.03. The van der Waals surface area contributed by atoms with Crippen molar-refractivity contribution in [2.45, 2.75) is 18.9 Å². The Morgan fingerprint density at radius 2 is 1.89 bits per heavy atom. The number of benzene rings is 2. The van der Waals surface area contributed by atoms with Crippen molar-refractivity contribution in [3.05, 3.63) is 71.3 Å². The number of halogens is 3. The fourth-order valence-electron chi connectivity index (χ4n) is 3.03. The number of nitrogens with one attached hydrogen (secondary N) is 1. The number of rotatable bonds is 5. The largest absolute Gasteiger partial charge is 0.348 e. The van der Waals surface area contributed by atoms with Crippen LogP contribution in [0.1, 0.15) is 23.7 Å². The van der Waals surface area contributed by atoms with Crippen LogP contribution in [0.3, 0.4) is 0 Å². The zero-order valence-corrected chi connectivity index (χ0v) is 14.0. The molecule has 0 bridgehead atoms. The molecule has 1 N–H and O–H groups in total. The Balaban J connectivity index is 1.37. The number of aromatic nitrogens is 2. The summed E-state index contributed by atoms with van der Waals surface area (Å²) in [6.07, 6.45) is 0.379. The summed E-state index contributed by atoms with van der Waals surface area (Å²) in [4.78, 5) is 16.3. The van der Waals surface area contributed by atoms with Gasteiger partial charge in [0.2, 0.25) is 5.91 Å². The number of carbonyl (C=O) groups is 1. The van der Waals surface area contributed by atoms with Gasteiger partial charge in [0.1, 0.15) is 17.5 Å². The molecule has 8 heteroatoms. The van der Waals surface area contributed by atoms with E-state index in [0.717, 1.165) is 0 Å². The van der Waals surface area contributed by atoms with Gasteiger partial charge in [-0.05, 0) is 36.8 Å². The maximum Gasteiger partial charge on any atom is 0.258 e. The molecule has 1 fully saturated rings. The van der Waals surface area contributed by atoms with Crippen LogP contribution in [0.2, 0.25) is 0 Å². The zero-order chi connectivity index (χ0) is 19.0. The van der Waals surface area contributed by atoms with Crippen LogP contribution in [0.4, 0.5) is 13.2 Å². The molecule has 0 unspecified atom stereocenters. The van der Waals surface area contributed by atoms with E-state index in [-0.39, 0.29) is 29.7 Å². The Hall–Kier alpha value is -3.16. The molecule has 3 aromatic rings. The van der Waals surface area contributed by atoms with Crippen molar-refractivity contribution in [3.8, 4) is 11.5 Å². The monoisotopic (exact) mass is 373 g/mol. The average Bonchev–Trinajstić information content (AvgIpc) is 3.27. The Morgan fingerprint density at radius 3 is 2.63 bits per heavy atom. The molecule has 1 aliphatic rings. The molecule has 0 saturated heterocycles. The molecule has 0 radical (unpaired) electrons. The van der Waals surface area contributed by atoms with E-state index in [0.29, 0.717) is 12.0 Å². The van der Waals surface area contributed by atoms with Gasteiger partial charge in [-0.3, -0.25) is 4.79 Å². The van der Waals surface area contributed by atoms with Crippen molar-refractivity contribution in [2.75, 3.05) is 0 Å². The molecule has 2 atom stereocenters. The van der Waals surface area contributed by atoms with Crippen molar-refractivity contribution in [3.63, 3.8) is 0 Å². The second-order valence-corrected chi connectivity index (χ2v) is 6.33. The average molecular weight is 373 g/mol.